The van der Waals surface area contributed by atoms with Gasteiger partial charge in [0.1, 0.15) is 11.6 Å². The lowest BCUT2D eigenvalue weighted by atomic mass is 10.1. The van der Waals surface area contributed by atoms with Gasteiger partial charge in [-0.3, -0.25) is 9.69 Å². The highest BCUT2D eigenvalue weighted by Gasteiger charge is 2.20. The summed E-state index contributed by atoms with van der Waals surface area (Å²) >= 11 is 0. The van der Waals surface area contributed by atoms with Crippen LogP contribution < -0.4 is 10.1 Å². The number of carbonyl (C=O) groups excluding carboxylic acids is 1. The van der Waals surface area contributed by atoms with Crippen LogP contribution in [0.3, 0.4) is 0 Å². The molecular weight excluding hydrogens is 319 g/mol. The average molecular weight is 344 g/mol. The van der Waals surface area contributed by atoms with E-state index in [9.17, 15) is 9.18 Å². The number of hydrogen-bond donors (Lipinski definition) is 1. The lowest BCUT2D eigenvalue weighted by Crippen LogP contribution is -2.43. The average Bonchev–Trinajstić information content (AvgIpc) is 2.62. The van der Waals surface area contributed by atoms with E-state index in [4.69, 9.17) is 4.74 Å². The Morgan fingerprint density at radius 3 is 2.28 bits per heavy atom. The van der Waals surface area contributed by atoms with Crippen LogP contribution >= 0.6 is 0 Å². The first-order valence-corrected chi connectivity index (χ1v) is 8.29. The second-order valence-corrected chi connectivity index (χ2v) is 6.22. The Labute approximate surface area is 148 Å². The number of ether oxygens (including phenoxy) is 1. The fourth-order valence-corrected chi connectivity index (χ4v) is 2.52. The Kier molecular flexibility index (Phi) is 6.53. The summed E-state index contributed by atoms with van der Waals surface area (Å²) in [6, 6.07) is 13.5. The molecule has 0 fully saturated rings. The van der Waals surface area contributed by atoms with Gasteiger partial charge in [0.2, 0.25) is 5.91 Å². The maximum absolute atomic E-state index is 13.0. The number of halogens is 1. The molecule has 0 saturated heterocycles. The van der Waals surface area contributed by atoms with Crippen molar-refractivity contribution in [3.8, 4) is 5.75 Å². The van der Waals surface area contributed by atoms with Crippen molar-refractivity contribution in [1.82, 2.24) is 10.2 Å². The van der Waals surface area contributed by atoms with Crippen molar-refractivity contribution >= 4 is 5.91 Å². The van der Waals surface area contributed by atoms with Gasteiger partial charge in [0.05, 0.1) is 19.2 Å². The zero-order valence-corrected chi connectivity index (χ0v) is 15.1. The van der Waals surface area contributed by atoms with Gasteiger partial charge in [-0.05, 0) is 56.3 Å². The minimum absolute atomic E-state index is 0.0622. The fourth-order valence-electron chi connectivity index (χ4n) is 2.52. The monoisotopic (exact) mass is 344 g/mol. The van der Waals surface area contributed by atoms with Crippen molar-refractivity contribution in [2.75, 3.05) is 14.2 Å². The van der Waals surface area contributed by atoms with Gasteiger partial charge in [-0.15, -0.1) is 0 Å². The van der Waals surface area contributed by atoms with Crippen molar-refractivity contribution in [3.05, 3.63) is 65.5 Å². The molecule has 0 bridgehead atoms. The highest BCUT2D eigenvalue weighted by Crippen LogP contribution is 2.15. The van der Waals surface area contributed by atoms with E-state index in [1.807, 2.05) is 50.1 Å². The third kappa shape index (κ3) is 5.29. The largest absolute Gasteiger partial charge is 0.497 e. The number of rotatable bonds is 7. The molecule has 4 nitrogen and oxygen atoms in total. The van der Waals surface area contributed by atoms with Crippen LogP contribution in [0, 0.1) is 5.82 Å². The summed E-state index contributed by atoms with van der Waals surface area (Å²) in [6.45, 7) is 4.42. The quantitative estimate of drug-likeness (QED) is 0.835. The number of carbonyl (C=O) groups is 1. The van der Waals surface area contributed by atoms with Crippen LogP contribution in [0.5, 0.6) is 5.75 Å². The van der Waals surface area contributed by atoms with Crippen LogP contribution in [0.4, 0.5) is 4.39 Å². The van der Waals surface area contributed by atoms with Gasteiger partial charge in [-0.25, -0.2) is 4.39 Å². The fraction of sp³-hybridized carbons (Fsp3) is 0.350. The smallest absolute Gasteiger partial charge is 0.237 e. The van der Waals surface area contributed by atoms with Gasteiger partial charge in [0.25, 0.3) is 0 Å². The SMILES string of the molecule is COc1ccc(CN(C)C(C)C(=O)NC(C)c2ccc(F)cc2)cc1. The van der Waals surface area contributed by atoms with Crippen molar-refractivity contribution in [1.29, 1.82) is 0 Å². The number of likely N-dealkylation sites (N-methyl/N-ethyl adjacent to an activating group) is 1. The zero-order chi connectivity index (χ0) is 18.4. The minimum atomic E-state index is -0.287. The second-order valence-electron chi connectivity index (χ2n) is 6.22. The lowest BCUT2D eigenvalue weighted by molar-refractivity contribution is -0.126. The van der Waals surface area contributed by atoms with Crippen LogP contribution in [0.1, 0.15) is 31.0 Å². The topological polar surface area (TPSA) is 41.6 Å². The first-order chi connectivity index (χ1) is 11.9. The summed E-state index contributed by atoms with van der Waals surface area (Å²) in [4.78, 5) is 14.5. The van der Waals surface area contributed by atoms with Gasteiger partial charge < -0.3 is 10.1 Å². The molecule has 2 aromatic carbocycles. The first-order valence-electron chi connectivity index (χ1n) is 8.29. The molecule has 0 radical (unpaired) electrons. The van der Waals surface area contributed by atoms with E-state index < -0.39 is 0 Å². The van der Waals surface area contributed by atoms with Crippen LogP contribution in [-0.4, -0.2) is 31.0 Å². The maximum atomic E-state index is 13.0. The van der Waals surface area contributed by atoms with E-state index in [2.05, 4.69) is 5.32 Å². The normalized spacial score (nSPS) is 13.4. The summed E-state index contributed by atoms with van der Waals surface area (Å²) in [7, 11) is 3.55. The highest BCUT2D eigenvalue weighted by molar-refractivity contribution is 5.81. The summed E-state index contributed by atoms with van der Waals surface area (Å²) in [6.07, 6.45) is 0. The first kappa shape index (κ1) is 18.9. The van der Waals surface area contributed by atoms with Crippen molar-refractivity contribution in [2.24, 2.45) is 0 Å². The van der Waals surface area contributed by atoms with Gasteiger partial charge >= 0.3 is 0 Å². The molecule has 1 amide bonds. The molecule has 0 heterocycles. The van der Waals surface area contributed by atoms with Gasteiger partial charge in [-0.1, -0.05) is 24.3 Å². The summed E-state index contributed by atoms with van der Waals surface area (Å²) in [5.74, 6) is 0.466. The van der Waals surface area contributed by atoms with Gasteiger partial charge in [0.15, 0.2) is 0 Å². The molecule has 5 heteroatoms. The molecule has 2 unspecified atom stereocenters. The van der Waals surface area contributed by atoms with Crippen LogP contribution in [-0.2, 0) is 11.3 Å². The van der Waals surface area contributed by atoms with Crippen molar-refractivity contribution in [3.63, 3.8) is 0 Å². The van der Waals surface area contributed by atoms with Crippen LogP contribution in [0.2, 0.25) is 0 Å². The van der Waals surface area contributed by atoms with E-state index in [1.54, 1.807) is 19.2 Å². The third-order valence-corrected chi connectivity index (χ3v) is 4.36. The zero-order valence-electron chi connectivity index (χ0n) is 15.1. The molecule has 0 saturated carbocycles. The Balaban J connectivity index is 1.92. The number of amides is 1. The molecule has 1 N–H and O–H groups in total. The Bertz CT molecular complexity index is 686. The summed E-state index contributed by atoms with van der Waals surface area (Å²) in [5.41, 5.74) is 1.98. The van der Waals surface area contributed by atoms with Crippen LogP contribution in [0.15, 0.2) is 48.5 Å². The van der Waals surface area contributed by atoms with E-state index in [-0.39, 0.29) is 23.8 Å². The van der Waals surface area contributed by atoms with Crippen molar-refractivity contribution < 1.29 is 13.9 Å². The molecule has 2 rings (SSSR count). The molecule has 0 aliphatic heterocycles. The molecule has 0 aromatic heterocycles. The number of nitrogens with one attached hydrogen (secondary N) is 1. The maximum Gasteiger partial charge on any atom is 0.237 e. The number of nitrogens with zero attached hydrogens (tertiary/aromatic N) is 1. The molecular formula is C20H25FN2O2. The standard InChI is InChI=1S/C20H25FN2O2/c1-14(17-7-9-18(21)10-8-17)22-20(24)15(2)23(3)13-16-5-11-19(25-4)12-6-16/h5-12,14-15H,13H2,1-4H3,(H,22,24). The predicted molar refractivity (Wildman–Crippen MR) is 96.9 cm³/mol. The Morgan fingerprint density at radius 2 is 1.72 bits per heavy atom. The number of hydrogen-bond acceptors (Lipinski definition) is 3. The van der Waals surface area contributed by atoms with Gasteiger partial charge in [0, 0.05) is 6.54 Å². The predicted octanol–water partition coefficient (Wildman–Crippen LogP) is 3.53. The van der Waals surface area contributed by atoms with Crippen molar-refractivity contribution in [2.45, 2.75) is 32.5 Å². The lowest BCUT2D eigenvalue weighted by Gasteiger charge is -2.26. The minimum Gasteiger partial charge on any atom is -0.497 e. The molecule has 134 valence electrons. The molecule has 0 aliphatic carbocycles. The van der Waals surface area contributed by atoms with Crippen LogP contribution in [0.25, 0.3) is 0 Å². The van der Waals surface area contributed by atoms with E-state index in [1.165, 1.54) is 12.1 Å². The number of benzene rings is 2. The summed E-state index contributed by atoms with van der Waals surface area (Å²) < 4.78 is 18.2. The van der Waals surface area contributed by atoms with Gasteiger partial charge in [-0.2, -0.15) is 0 Å². The molecule has 2 aromatic rings. The molecule has 0 spiro atoms. The number of methoxy groups -OCH3 is 1. The van der Waals surface area contributed by atoms with E-state index >= 15 is 0 Å². The Morgan fingerprint density at radius 1 is 1.12 bits per heavy atom. The Hall–Kier alpha value is -2.40. The molecule has 2 atom stereocenters. The molecule has 25 heavy (non-hydrogen) atoms. The summed E-state index contributed by atoms with van der Waals surface area (Å²) in [5, 5.41) is 2.98. The van der Waals surface area contributed by atoms with E-state index in [0.29, 0.717) is 6.54 Å². The molecule has 0 aliphatic rings. The highest BCUT2D eigenvalue weighted by atomic mass is 19.1. The van der Waals surface area contributed by atoms with E-state index in [0.717, 1.165) is 16.9 Å². The third-order valence-electron chi connectivity index (χ3n) is 4.36. The second kappa shape index (κ2) is 8.62.